The van der Waals surface area contributed by atoms with E-state index in [4.69, 9.17) is 4.98 Å². The van der Waals surface area contributed by atoms with Crippen LogP contribution < -0.4 is 0 Å². The number of nitrogens with zero attached hydrogens (tertiary/aromatic N) is 3. The molecule has 1 fully saturated rings. The molecular formula is C19H33N3O2S. The van der Waals surface area contributed by atoms with Gasteiger partial charge in [-0.15, -0.1) is 11.3 Å². The number of piperidine rings is 1. The average Bonchev–Trinajstić information content (AvgIpc) is 3.10. The molecular weight excluding hydrogens is 334 g/mol. The Bertz CT molecular complexity index is 545. The highest BCUT2D eigenvalue weighted by Gasteiger charge is 2.38. The second kappa shape index (κ2) is 9.10. The van der Waals surface area contributed by atoms with Crippen molar-refractivity contribution >= 4 is 17.2 Å². The van der Waals surface area contributed by atoms with E-state index in [0.29, 0.717) is 25.9 Å². The molecule has 5 nitrogen and oxygen atoms in total. The zero-order chi connectivity index (χ0) is 18.4. The average molecular weight is 368 g/mol. The maximum absolute atomic E-state index is 12.5. The van der Waals surface area contributed by atoms with Crippen LogP contribution in [0.4, 0.5) is 0 Å². The monoisotopic (exact) mass is 367 g/mol. The number of amides is 1. The van der Waals surface area contributed by atoms with Gasteiger partial charge in [-0.3, -0.25) is 9.69 Å². The Hall–Kier alpha value is -0.980. The lowest BCUT2D eigenvalue weighted by Crippen LogP contribution is -2.47. The van der Waals surface area contributed by atoms with Gasteiger partial charge in [0.2, 0.25) is 5.91 Å². The molecule has 0 atom stereocenters. The molecule has 0 unspecified atom stereocenters. The van der Waals surface area contributed by atoms with E-state index in [1.54, 1.807) is 11.3 Å². The fourth-order valence-electron chi connectivity index (χ4n) is 3.49. The molecule has 0 saturated carbocycles. The van der Waals surface area contributed by atoms with Crippen molar-refractivity contribution in [1.29, 1.82) is 0 Å². The summed E-state index contributed by atoms with van der Waals surface area (Å²) in [6.07, 6.45) is 2.93. The predicted molar refractivity (Wildman–Crippen MR) is 103 cm³/mol. The molecule has 1 aliphatic heterocycles. The Balaban J connectivity index is 1.98. The Morgan fingerprint density at radius 3 is 2.40 bits per heavy atom. The van der Waals surface area contributed by atoms with Crippen molar-refractivity contribution in [3.63, 3.8) is 0 Å². The number of carbonyl (C=O) groups is 1. The van der Waals surface area contributed by atoms with Crippen LogP contribution in [0.5, 0.6) is 0 Å². The van der Waals surface area contributed by atoms with E-state index in [0.717, 1.165) is 43.2 Å². The van der Waals surface area contributed by atoms with Crippen molar-refractivity contribution in [2.75, 3.05) is 26.2 Å². The van der Waals surface area contributed by atoms with Crippen LogP contribution >= 0.6 is 11.3 Å². The SMILES string of the molecule is CCC(CC)C(=O)N1CCC(O)(c2csc(CN(CC)CC)n2)CC1. The molecule has 2 rings (SSSR count). The lowest BCUT2D eigenvalue weighted by atomic mass is 9.88. The topological polar surface area (TPSA) is 56.7 Å². The lowest BCUT2D eigenvalue weighted by Gasteiger charge is -2.38. The minimum atomic E-state index is -0.886. The van der Waals surface area contributed by atoms with Crippen LogP contribution in [0.25, 0.3) is 0 Å². The van der Waals surface area contributed by atoms with Gasteiger partial charge in [-0.25, -0.2) is 4.98 Å². The van der Waals surface area contributed by atoms with Crippen LogP contribution in [-0.4, -0.2) is 52.0 Å². The number of aromatic nitrogens is 1. The molecule has 0 aromatic carbocycles. The van der Waals surface area contributed by atoms with Crippen molar-refractivity contribution in [2.24, 2.45) is 5.92 Å². The van der Waals surface area contributed by atoms with Gasteiger partial charge in [0, 0.05) is 24.4 Å². The van der Waals surface area contributed by atoms with Crippen molar-refractivity contribution < 1.29 is 9.90 Å². The molecule has 1 aromatic rings. The summed E-state index contributed by atoms with van der Waals surface area (Å²) in [5.74, 6) is 0.360. The Kier molecular flexibility index (Phi) is 7.40. The third-order valence-electron chi connectivity index (χ3n) is 5.52. The van der Waals surface area contributed by atoms with E-state index in [-0.39, 0.29) is 11.8 Å². The number of hydrogen-bond donors (Lipinski definition) is 1. The van der Waals surface area contributed by atoms with Crippen molar-refractivity contribution in [1.82, 2.24) is 14.8 Å². The molecule has 1 aliphatic rings. The molecule has 1 N–H and O–H groups in total. The third kappa shape index (κ3) is 4.80. The minimum Gasteiger partial charge on any atom is -0.383 e. The van der Waals surface area contributed by atoms with Gasteiger partial charge in [-0.1, -0.05) is 27.7 Å². The predicted octanol–water partition coefficient (Wildman–Crippen LogP) is 3.23. The zero-order valence-corrected chi connectivity index (χ0v) is 16.9. The molecule has 1 aromatic heterocycles. The van der Waals surface area contributed by atoms with Gasteiger partial charge in [0.15, 0.2) is 0 Å². The normalized spacial score (nSPS) is 17.5. The second-order valence-corrected chi connectivity index (χ2v) is 7.90. The summed E-state index contributed by atoms with van der Waals surface area (Å²) in [5.41, 5.74) is -0.0998. The summed E-state index contributed by atoms with van der Waals surface area (Å²) in [7, 11) is 0. The fraction of sp³-hybridized carbons (Fsp3) is 0.789. The highest BCUT2D eigenvalue weighted by molar-refractivity contribution is 7.09. The Morgan fingerprint density at radius 2 is 1.88 bits per heavy atom. The van der Waals surface area contributed by atoms with E-state index < -0.39 is 5.60 Å². The van der Waals surface area contributed by atoms with Gasteiger partial charge >= 0.3 is 0 Å². The minimum absolute atomic E-state index is 0.117. The van der Waals surface area contributed by atoms with Crippen LogP contribution in [0.1, 0.15) is 64.1 Å². The Labute approximate surface area is 156 Å². The van der Waals surface area contributed by atoms with Gasteiger partial charge < -0.3 is 10.0 Å². The van der Waals surface area contributed by atoms with Crippen LogP contribution in [0.2, 0.25) is 0 Å². The van der Waals surface area contributed by atoms with E-state index in [1.165, 1.54) is 0 Å². The zero-order valence-electron chi connectivity index (χ0n) is 16.1. The summed E-state index contributed by atoms with van der Waals surface area (Å²) in [4.78, 5) is 21.5. The smallest absolute Gasteiger partial charge is 0.225 e. The van der Waals surface area contributed by atoms with Crippen LogP contribution in [0.15, 0.2) is 5.38 Å². The van der Waals surface area contributed by atoms with Crippen molar-refractivity contribution in [3.05, 3.63) is 16.1 Å². The number of thiazole rings is 1. The van der Waals surface area contributed by atoms with Gasteiger partial charge in [-0.2, -0.15) is 0 Å². The third-order valence-corrected chi connectivity index (χ3v) is 6.35. The van der Waals surface area contributed by atoms with Crippen molar-refractivity contribution in [3.8, 4) is 0 Å². The van der Waals surface area contributed by atoms with E-state index in [9.17, 15) is 9.90 Å². The standard InChI is InChI=1S/C19H33N3O2S/c1-5-15(6-2)18(23)22-11-9-19(24,10-12-22)16-14-25-17(20-16)13-21(7-3)8-4/h14-15,24H,5-13H2,1-4H3. The number of likely N-dealkylation sites (tertiary alicyclic amines) is 1. The second-order valence-electron chi connectivity index (χ2n) is 6.96. The Morgan fingerprint density at radius 1 is 1.28 bits per heavy atom. The van der Waals surface area contributed by atoms with Gasteiger partial charge in [0.05, 0.1) is 12.2 Å². The number of hydrogen-bond acceptors (Lipinski definition) is 5. The van der Waals surface area contributed by atoms with Gasteiger partial charge in [0.1, 0.15) is 10.6 Å². The molecule has 0 bridgehead atoms. The largest absolute Gasteiger partial charge is 0.383 e. The molecule has 142 valence electrons. The summed E-state index contributed by atoms with van der Waals surface area (Å²) in [6.45, 7) is 12.5. The maximum Gasteiger partial charge on any atom is 0.225 e. The first-order chi connectivity index (χ1) is 12.0. The van der Waals surface area contributed by atoms with Gasteiger partial charge in [0.25, 0.3) is 0 Å². The molecule has 0 aliphatic carbocycles. The maximum atomic E-state index is 12.5. The molecule has 6 heteroatoms. The fourth-order valence-corrected chi connectivity index (χ4v) is 4.41. The van der Waals surface area contributed by atoms with Crippen LogP contribution in [0.3, 0.4) is 0 Å². The first-order valence-corrected chi connectivity index (χ1v) is 10.5. The summed E-state index contributed by atoms with van der Waals surface area (Å²) in [6, 6.07) is 0. The molecule has 2 heterocycles. The molecule has 0 radical (unpaired) electrons. The van der Waals surface area contributed by atoms with Crippen LogP contribution in [0, 0.1) is 5.92 Å². The van der Waals surface area contributed by atoms with Gasteiger partial charge in [-0.05, 0) is 38.8 Å². The highest BCUT2D eigenvalue weighted by atomic mass is 32.1. The highest BCUT2D eigenvalue weighted by Crippen LogP contribution is 2.34. The first-order valence-electron chi connectivity index (χ1n) is 9.65. The number of carbonyl (C=O) groups excluding carboxylic acids is 1. The van der Waals surface area contributed by atoms with E-state index in [2.05, 4.69) is 32.6 Å². The van der Waals surface area contributed by atoms with E-state index in [1.807, 2.05) is 10.3 Å². The number of aliphatic hydroxyl groups is 1. The summed E-state index contributed by atoms with van der Waals surface area (Å²) >= 11 is 1.63. The molecule has 1 amide bonds. The molecule has 1 saturated heterocycles. The summed E-state index contributed by atoms with van der Waals surface area (Å²) < 4.78 is 0. The van der Waals surface area contributed by atoms with Crippen molar-refractivity contribution in [2.45, 2.75) is 65.5 Å². The number of rotatable bonds is 8. The quantitative estimate of drug-likeness (QED) is 0.766. The molecule has 25 heavy (non-hydrogen) atoms. The molecule has 0 spiro atoms. The summed E-state index contributed by atoms with van der Waals surface area (Å²) in [5, 5.41) is 14.1. The first kappa shape index (κ1) is 20.3. The van der Waals surface area contributed by atoms with Crippen LogP contribution in [-0.2, 0) is 16.9 Å². The lowest BCUT2D eigenvalue weighted by molar-refractivity contribution is -0.140. The van der Waals surface area contributed by atoms with E-state index >= 15 is 0 Å².